The second-order valence-corrected chi connectivity index (χ2v) is 3.00. The lowest BCUT2D eigenvalue weighted by molar-refractivity contribution is 1.01. The van der Waals surface area contributed by atoms with Crippen LogP contribution in [0.5, 0.6) is 0 Å². The van der Waals surface area contributed by atoms with Gasteiger partial charge in [0, 0.05) is 13.1 Å². The molecule has 0 saturated carbocycles. The smallest absolute Gasteiger partial charge is 0.226 e. The topological polar surface area (TPSA) is 92.5 Å². The van der Waals surface area contributed by atoms with Gasteiger partial charge >= 0.3 is 0 Å². The molecule has 0 amide bonds. The molecule has 0 aromatic carbocycles. The summed E-state index contributed by atoms with van der Waals surface area (Å²) in [6, 6.07) is 0. The predicted molar refractivity (Wildman–Crippen MR) is 54.2 cm³/mol. The number of H-pyrrole nitrogens is 1. The Hall–Kier alpha value is -1.40. The molecule has 0 aliphatic carbocycles. The number of halogens is 1. The van der Waals surface area contributed by atoms with E-state index >= 15 is 0 Å². The molecule has 0 fully saturated rings. The van der Waals surface area contributed by atoms with Gasteiger partial charge in [-0.25, -0.2) is 4.98 Å². The van der Waals surface area contributed by atoms with Crippen LogP contribution in [0.25, 0.3) is 11.2 Å². The van der Waals surface area contributed by atoms with Crippen molar-refractivity contribution in [3.8, 4) is 0 Å². The van der Waals surface area contributed by atoms with Crippen LogP contribution < -0.4 is 11.1 Å². The maximum Gasteiger partial charge on any atom is 0.226 e. The maximum atomic E-state index is 5.71. The average molecular weight is 213 g/mol. The Morgan fingerprint density at radius 3 is 3.14 bits per heavy atom. The number of anilines is 1. The molecule has 0 aliphatic heterocycles. The maximum absolute atomic E-state index is 5.71. The van der Waals surface area contributed by atoms with Crippen LogP contribution in [0, 0.1) is 0 Å². The molecule has 2 rings (SSSR count). The van der Waals surface area contributed by atoms with Crippen molar-refractivity contribution in [3.05, 3.63) is 11.6 Å². The van der Waals surface area contributed by atoms with Gasteiger partial charge in [-0.2, -0.15) is 9.97 Å². The van der Waals surface area contributed by atoms with Gasteiger partial charge in [-0.15, -0.1) is 0 Å². The normalized spacial score (nSPS) is 10.7. The first-order valence-corrected chi connectivity index (χ1v) is 4.49. The van der Waals surface area contributed by atoms with Crippen molar-refractivity contribution in [1.29, 1.82) is 0 Å². The third kappa shape index (κ3) is 1.61. The van der Waals surface area contributed by atoms with Gasteiger partial charge < -0.3 is 16.0 Å². The van der Waals surface area contributed by atoms with Crippen LogP contribution in [0.15, 0.2) is 6.33 Å². The first-order chi connectivity index (χ1) is 6.81. The van der Waals surface area contributed by atoms with Crippen LogP contribution in [0.1, 0.15) is 0 Å². The summed E-state index contributed by atoms with van der Waals surface area (Å²) in [5, 5.41) is 3.20. The molecule has 0 radical (unpaired) electrons. The highest BCUT2D eigenvalue weighted by atomic mass is 35.5. The molecule has 0 aliphatic rings. The van der Waals surface area contributed by atoms with Gasteiger partial charge in [-0.05, 0) is 11.6 Å². The fourth-order valence-electron chi connectivity index (χ4n) is 1.13. The van der Waals surface area contributed by atoms with Gasteiger partial charge in [0.15, 0.2) is 11.5 Å². The molecule has 14 heavy (non-hydrogen) atoms. The van der Waals surface area contributed by atoms with E-state index in [1.807, 2.05) is 0 Å². The van der Waals surface area contributed by atoms with Crippen LogP contribution in [0.2, 0.25) is 5.28 Å². The number of aromatic nitrogens is 4. The first kappa shape index (κ1) is 9.17. The van der Waals surface area contributed by atoms with Crippen LogP contribution in [-0.2, 0) is 0 Å². The van der Waals surface area contributed by atoms with E-state index in [4.69, 9.17) is 17.3 Å². The highest BCUT2D eigenvalue weighted by Gasteiger charge is 2.07. The zero-order chi connectivity index (χ0) is 9.97. The van der Waals surface area contributed by atoms with Crippen molar-refractivity contribution in [1.82, 2.24) is 19.9 Å². The second kappa shape index (κ2) is 3.77. The standard InChI is InChI=1S/C7H9ClN6/c8-7-13-5(10-2-1-9)4-6(14-7)12-3-11-4/h3H,1-2,9H2,(H2,10,11,12,13,14). The van der Waals surface area contributed by atoms with Crippen LogP contribution in [-0.4, -0.2) is 33.0 Å². The van der Waals surface area contributed by atoms with Gasteiger partial charge in [0.25, 0.3) is 0 Å². The molecule has 0 atom stereocenters. The van der Waals surface area contributed by atoms with Crippen molar-refractivity contribution >= 4 is 28.6 Å². The SMILES string of the molecule is NCCNc1nc(Cl)nc2nc[nH]c12. The Morgan fingerprint density at radius 1 is 1.50 bits per heavy atom. The summed E-state index contributed by atoms with van der Waals surface area (Å²) >= 11 is 5.71. The highest BCUT2D eigenvalue weighted by molar-refractivity contribution is 6.28. The Balaban J connectivity index is 2.44. The Bertz CT molecular complexity index is 439. The summed E-state index contributed by atoms with van der Waals surface area (Å²) < 4.78 is 0. The molecule has 2 aromatic rings. The Kier molecular flexibility index (Phi) is 2.47. The Morgan fingerprint density at radius 2 is 2.36 bits per heavy atom. The third-order valence-electron chi connectivity index (χ3n) is 1.70. The van der Waals surface area contributed by atoms with Crippen LogP contribution in [0.3, 0.4) is 0 Å². The van der Waals surface area contributed by atoms with E-state index in [2.05, 4.69) is 25.3 Å². The summed E-state index contributed by atoms with van der Waals surface area (Å²) in [6.45, 7) is 1.15. The summed E-state index contributed by atoms with van der Waals surface area (Å²) in [4.78, 5) is 14.9. The van der Waals surface area contributed by atoms with E-state index in [9.17, 15) is 0 Å². The molecule has 0 bridgehead atoms. The summed E-state index contributed by atoms with van der Waals surface area (Å²) in [5.74, 6) is 0.628. The molecule has 2 heterocycles. The highest BCUT2D eigenvalue weighted by Crippen LogP contribution is 2.17. The minimum atomic E-state index is 0.170. The number of nitrogens with one attached hydrogen (secondary N) is 2. The van der Waals surface area contributed by atoms with Crippen LogP contribution in [0.4, 0.5) is 5.82 Å². The summed E-state index contributed by atoms with van der Waals surface area (Å²) in [6.07, 6.45) is 1.54. The van der Waals surface area contributed by atoms with Crippen LogP contribution >= 0.6 is 11.6 Å². The van der Waals surface area contributed by atoms with Crippen molar-refractivity contribution in [2.24, 2.45) is 5.73 Å². The molecular weight excluding hydrogens is 204 g/mol. The van der Waals surface area contributed by atoms with Gasteiger partial charge in [-0.3, -0.25) is 0 Å². The van der Waals surface area contributed by atoms with Gasteiger partial charge in [-0.1, -0.05) is 0 Å². The van der Waals surface area contributed by atoms with E-state index in [0.717, 1.165) is 5.52 Å². The largest absolute Gasteiger partial charge is 0.367 e. The predicted octanol–water partition coefficient (Wildman–Crippen LogP) is 0.377. The molecule has 0 spiro atoms. The van der Waals surface area contributed by atoms with Crippen molar-refractivity contribution in [2.45, 2.75) is 0 Å². The lowest BCUT2D eigenvalue weighted by Gasteiger charge is -2.03. The number of rotatable bonds is 3. The van der Waals surface area contributed by atoms with E-state index in [1.54, 1.807) is 6.33 Å². The molecular formula is C7H9ClN6. The molecule has 4 N–H and O–H groups in total. The first-order valence-electron chi connectivity index (χ1n) is 4.12. The molecule has 0 unspecified atom stereocenters. The summed E-state index contributed by atoms with van der Waals surface area (Å²) in [7, 11) is 0. The number of nitrogens with zero attached hydrogens (tertiary/aromatic N) is 3. The molecule has 6 nitrogen and oxygen atoms in total. The quantitative estimate of drug-likeness (QED) is 0.640. The Labute approximate surface area is 84.9 Å². The minimum Gasteiger partial charge on any atom is -0.367 e. The van der Waals surface area contributed by atoms with Gasteiger partial charge in [0.1, 0.15) is 5.52 Å². The average Bonchev–Trinajstić information content (AvgIpc) is 2.61. The fourth-order valence-corrected chi connectivity index (χ4v) is 1.29. The van der Waals surface area contributed by atoms with E-state index in [0.29, 0.717) is 24.6 Å². The molecule has 0 saturated heterocycles. The van der Waals surface area contributed by atoms with E-state index in [1.165, 1.54) is 0 Å². The second-order valence-electron chi connectivity index (χ2n) is 2.66. The lowest BCUT2D eigenvalue weighted by atomic mass is 10.5. The number of nitrogens with two attached hydrogens (primary N) is 1. The van der Waals surface area contributed by atoms with Crippen molar-refractivity contribution in [3.63, 3.8) is 0 Å². The number of fused-ring (bicyclic) bond motifs is 1. The van der Waals surface area contributed by atoms with Gasteiger partial charge in [0.05, 0.1) is 6.33 Å². The van der Waals surface area contributed by atoms with E-state index < -0.39 is 0 Å². The van der Waals surface area contributed by atoms with Crippen molar-refractivity contribution < 1.29 is 0 Å². The molecule has 2 aromatic heterocycles. The zero-order valence-corrected chi connectivity index (χ0v) is 8.04. The van der Waals surface area contributed by atoms with E-state index in [-0.39, 0.29) is 5.28 Å². The molecule has 7 heteroatoms. The fraction of sp³-hybridized carbons (Fsp3) is 0.286. The van der Waals surface area contributed by atoms with Gasteiger partial charge in [0.2, 0.25) is 5.28 Å². The lowest BCUT2D eigenvalue weighted by Crippen LogP contribution is -2.14. The minimum absolute atomic E-state index is 0.170. The molecule has 74 valence electrons. The third-order valence-corrected chi connectivity index (χ3v) is 1.86. The number of hydrogen-bond acceptors (Lipinski definition) is 5. The number of hydrogen-bond donors (Lipinski definition) is 3. The number of imidazole rings is 1. The van der Waals surface area contributed by atoms with Crippen molar-refractivity contribution in [2.75, 3.05) is 18.4 Å². The summed E-state index contributed by atoms with van der Waals surface area (Å²) in [5.41, 5.74) is 6.65. The number of aromatic amines is 1. The monoisotopic (exact) mass is 212 g/mol. The zero-order valence-electron chi connectivity index (χ0n) is 7.29.